The van der Waals surface area contributed by atoms with Crippen molar-refractivity contribution in [3.63, 3.8) is 0 Å². The number of benzene rings is 2. The number of nitro benzene ring substituents is 1. The van der Waals surface area contributed by atoms with Crippen LogP contribution in [-0.4, -0.2) is 57.7 Å². The Hall–Kier alpha value is -3.27. The molecular weight excluding hydrogens is 483 g/mol. The molecule has 166 valence electrons. The molecule has 3 aromatic rings. The molecule has 2 aromatic carbocycles. The summed E-state index contributed by atoms with van der Waals surface area (Å²) >= 11 is 3.48. The maximum absolute atomic E-state index is 13.8. The number of hydrogen-bond donors (Lipinski definition) is 1. The van der Waals surface area contributed by atoms with Gasteiger partial charge in [-0.1, -0.05) is 34.1 Å². The normalized spacial score (nSPS) is 19.1. The summed E-state index contributed by atoms with van der Waals surface area (Å²) in [5.74, 6) is -1.20. The van der Waals surface area contributed by atoms with Crippen LogP contribution in [-0.2, 0) is 22.4 Å². The number of nitrogens with one attached hydrogen (secondary N) is 1. The summed E-state index contributed by atoms with van der Waals surface area (Å²) in [5.41, 5.74) is 1.27. The molecule has 0 unspecified atom stereocenters. The summed E-state index contributed by atoms with van der Waals surface area (Å²) in [7, 11) is 3.16. The number of non-ortho nitro benzene ring substituents is 1. The van der Waals surface area contributed by atoms with E-state index < -0.39 is 22.8 Å². The van der Waals surface area contributed by atoms with E-state index in [2.05, 4.69) is 20.9 Å². The predicted molar refractivity (Wildman–Crippen MR) is 120 cm³/mol. The molecule has 0 bridgehead atoms. The summed E-state index contributed by atoms with van der Waals surface area (Å²) in [6, 6.07) is 8.06. The van der Waals surface area contributed by atoms with Crippen molar-refractivity contribution in [1.82, 2.24) is 14.8 Å². The molecule has 1 aliphatic heterocycles. The van der Waals surface area contributed by atoms with Gasteiger partial charge in [0.1, 0.15) is 17.9 Å². The molecule has 1 saturated heterocycles. The van der Waals surface area contributed by atoms with Crippen LogP contribution in [0.4, 0.5) is 10.1 Å². The van der Waals surface area contributed by atoms with Gasteiger partial charge >= 0.3 is 0 Å². The summed E-state index contributed by atoms with van der Waals surface area (Å²) in [6.45, 7) is 0. The third kappa shape index (κ3) is 3.75. The zero-order chi connectivity index (χ0) is 23.2. The number of H-pyrrole nitrogens is 1. The number of halogens is 2. The zero-order valence-electron chi connectivity index (χ0n) is 17.3. The minimum atomic E-state index is -0.827. The first-order valence-electron chi connectivity index (χ1n) is 9.89. The van der Waals surface area contributed by atoms with E-state index in [4.69, 9.17) is 0 Å². The van der Waals surface area contributed by atoms with E-state index in [1.54, 1.807) is 14.1 Å². The van der Waals surface area contributed by atoms with Crippen LogP contribution in [0.5, 0.6) is 0 Å². The number of rotatable bonds is 5. The van der Waals surface area contributed by atoms with Gasteiger partial charge in [0, 0.05) is 37.6 Å². The number of aromatic nitrogens is 1. The monoisotopic (exact) mass is 502 g/mol. The van der Waals surface area contributed by atoms with Crippen molar-refractivity contribution in [2.75, 3.05) is 14.1 Å². The van der Waals surface area contributed by atoms with Crippen LogP contribution >= 0.6 is 15.9 Å². The molecule has 2 atom stereocenters. The lowest BCUT2D eigenvalue weighted by Gasteiger charge is -2.42. The van der Waals surface area contributed by atoms with E-state index in [0.717, 1.165) is 16.1 Å². The van der Waals surface area contributed by atoms with Gasteiger partial charge in [0.2, 0.25) is 11.8 Å². The van der Waals surface area contributed by atoms with Crippen molar-refractivity contribution in [3.05, 3.63) is 74.1 Å². The number of fused-ring (bicyclic) bond motifs is 1. The number of aromatic amines is 1. The molecule has 1 aromatic heterocycles. The Balaban J connectivity index is 1.64. The Morgan fingerprint density at radius 1 is 1.06 bits per heavy atom. The fourth-order valence-electron chi connectivity index (χ4n) is 4.22. The minimum Gasteiger partial charge on any atom is -0.361 e. The molecule has 32 heavy (non-hydrogen) atoms. The summed E-state index contributed by atoms with van der Waals surface area (Å²) in [6.07, 6.45) is 1.95. The van der Waals surface area contributed by atoms with E-state index in [9.17, 15) is 24.1 Å². The number of nitrogens with zero attached hydrogens (tertiary/aromatic N) is 3. The third-order valence-corrected chi connectivity index (χ3v) is 6.76. The van der Waals surface area contributed by atoms with Crippen molar-refractivity contribution in [3.8, 4) is 0 Å². The predicted octanol–water partition coefficient (Wildman–Crippen LogP) is 3.43. The van der Waals surface area contributed by atoms with Crippen LogP contribution in [0.15, 0.2) is 47.1 Å². The van der Waals surface area contributed by atoms with E-state index in [-0.39, 0.29) is 34.8 Å². The second kappa shape index (κ2) is 8.34. The van der Waals surface area contributed by atoms with Crippen LogP contribution in [0.3, 0.4) is 0 Å². The quantitative estimate of drug-likeness (QED) is 0.426. The first-order valence-corrected chi connectivity index (χ1v) is 10.7. The van der Waals surface area contributed by atoms with Gasteiger partial charge in [-0.05, 0) is 23.3 Å². The Bertz CT molecular complexity index is 1240. The van der Waals surface area contributed by atoms with Crippen LogP contribution in [0.2, 0.25) is 0 Å². The highest BCUT2D eigenvalue weighted by molar-refractivity contribution is 9.10. The molecule has 10 heteroatoms. The minimum absolute atomic E-state index is 0.0691. The molecular formula is C22H20BrFN4O4. The maximum atomic E-state index is 13.8. The summed E-state index contributed by atoms with van der Waals surface area (Å²) in [5, 5.41) is 11.7. The summed E-state index contributed by atoms with van der Waals surface area (Å²) in [4.78, 5) is 42.9. The van der Waals surface area contributed by atoms with Crippen molar-refractivity contribution >= 4 is 44.3 Å². The second-order valence-electron chi connectivity index (χ2n) is 7.85. The topological polar surface area (TPSA) is 99.5 Å². The lowest BCUT2D eigenvalue weighted by atomic mass is 9.95. The molecule has 0 radical (unpaired) electrons. The maximum Gasteiger partial charge on any atom is 0.281 e. The largest absolute Gasteiger partial charge is 0.361 e. The van der Waals surface area contributed by atoms with Gasteiger partial charge in [0.15, 0.2) is 0 Å². The van der Waals surface area contributed by atoms with Crippen molar-refractivity contribution in [2.45, 2.75) is 24.9 Å². The van der Waals surface area contributed by atoms with E-state index in [1.165, 1.54) is 22.1 Å². The molecule has 4 rings (SSSR count). The lowest BCUT2D eigenvalue weighted by Crippen LogP contribution is -2.63. The number of piperazine rings is 1. The second-order valence-corrected chi connectivity index (χ2v) is 8.70. The molecule has 2 heterocycles. The first-order chi connectivity index (χ1) is 15.2. The van der Waals surface area contributed by atoms with Crippen LogP contribution in [0.1, 0.15) is 11.1 Å². The molecule has 1 N–H and O–H groups in total. The van der Waals surface area contributed by atoms with Crippen molar-refractivity contribution < 1.29 is 18.9 Å². The zero-order valence-corrected chi connectivity index (χ0v) is 18.9. The number of hydrogen-bond acceptors (Lipinski definition) is 4. The van der Waals surface area contributed by atoms with Gasteiger partial charge in [-0.25, -0.2) is 4.39 Å². The Morgan fingerprint density at radius 2 is 1.66 bits per heavy atom. The van der Waals surface area contributed by atoms with Crippen molar-refractivity contribution in [1.29, 1.82) is 0 Å². The van der Waals surface area contributed by atoms with Gasteiger partial charge in [-0.15, -0.1) is 0 Å². The number of carbonyl (C=O) groups excluding carboxylic acids is 2. The van der Waals surface area contributed by atoms with Gasteiger partial charge < -0.3 is 14.8 Å². The fourth-order valence-corrected chi connectivity index (χ4v) is 4.67. The van der Waals surface area contributed by atoms with Crippen molar-refractivity contribution in [2.24, 2.45) is 0 Å². The standard InChI is InChI=1S/C22H20BrFN4O4/c1-26-18(7-12-5-3-4-6-15(12)23)21(29)27(2)19(22(26)30)8-13-11-25-16-9-14(24)10-17(20(13)16)28(31)32/h3-6,9-11,18-19,25H,7-8H2,1-2H3/t18-,19-/m0/s1. The van der Waals surface area contributed by atoms with E-state index in [0.29, 0.717) is 12.0 Å². The molecule has 0 spiro atoms. The SMILES string of the molecule is CN1C(=O)[C@H](Cc2c[nH]c3cc(F)cc([N+](=O)[O-])c23)N(C)C(=O)[C@@H]1Cc1ccccc1Br. The van der Waals surface area contributed by atoms with Crippen LogP contribution in [0.25, 0.3) is 10.9 Å². The summed E-state index contributed by atoms with van der Waals surface area (Å²) < 4.78 is 14.6. The molecule has 1 aliphatic rings. The average molecular weight is 503 g/mol. The Labute approximate surface area is 191 Å². The van der Waals surface area contributed by atoms with E-state index in [1.807, 2.05) is 24.3 Å². The highest BCUT2D eigenvalue weighted by atomic mass is 79.9. The molecule has 1 fully saturated rings. The smallest absolute Gasteiger partial charge is 0.281 e. The number of carbonyl (C=O) groups is 2. The number of amides is 2. The highest BCUT2D eigenvalue weighted by Gasteiger charge is 2.43. The van der Waals surface area contributed by atoms with E-state index >= 15 is 0 Å². The van der Waals surface area contributed by atoms with Crippen LogP contribution < -0.4 is 0 Å². The van der Waals surface area contributed by atoms with Gasteiger partial charge in [0.05, 0.1) is 21.9 Å². The lowest BCUT2D eigenvalue weighted by molar-refractivity contribution is -0.383. The van der Waals surface area contributed by atoms with Gasteiger partial charge in [-0.3, -0.25) is 19.7 Å². The Morgan fingerprint density at radius 3 is 2.25 bits per heavy atom. The average Bonchev–Trinajstić information content (AvgIpc) is 3.15. The third-order valence-electron chi connectivity index (χ3n) is 5.99. The molecule has 0 aliphatic carbocycles. The van der Waals surface area contributed by atoms with Gasteiger partial charge in [0.25, 0.3) is 5.69 Å². The van der Waals surface area contributed by atoms with Gasteiger partial charge in [-0.2, -0.15) is 0 Å². The number of likely N-dealkylation sites (N-methyl/N-ethyl adjacent to an activating group) is 2. The molecule has 2 amide bonds. The fraction of sp³-hybridized carbons (Fsp3) is 0.273. The number of nitro groups is 1. The highest BCUT2D eigenvalue weighted by Crippen LogP contribution is 2.32. The van der Waals surface area contributed by atoms with Crippen LogP contribution in [0, 0.1) is 15.9 Å². The molecule has 8 nitrogen and oxygen atoms in total. The first kappa shape index (κ1) is 21.9. The Kier molecular flexibility index (Phi) is 5.72. The molecule has 0 saturated carbocycles.